The van der Waals surface area contributed by atoms with E-state index < -0.39 is 0 Å². The quantitative estimate of drug-likeness (QED) is 0.783. The molecule has 0 spiro atoms. The fourth-order valence-corrected chi connectivity index (χ4v) is 2.72. The summed E-state index contributed by atoms with van der Waals surface area (Å²) in [5, 5.41) is 0. The Kier molecular flexibility index (Phi) is 11.1. The first-order chi connectivity index (χ1) is 11.5. The minimum atomic E-state index is 0.0553. The van der Waals surface area contributed by atoms with Crippen LogP contribution in [0.1, 0.15) is 63.9 Å². The van der Waals surface area contributed by atoms with Crippen molar-refractivity contribution in [3.8, 4) is 0 Å². The molecule has 136 valence electrons. The maximum absolute atomic E-state index is 11.9. The van der Waals surface area contributed by atoms with Gasteiger partial charge in [0.1, 0.15) is 0 Å². The van der Waals surface area contributed by atoms with Crippen LogP contribution in [0.3, 0.4) is 0 Å². The molecular formula is C21H36N2O. The summed E-state index contributed by atoms with van der Waals surface area (Å²) in [6.45, 7) is 14.7. The Morgan fingerprint density at radius 1 is 1.12 bits per heavy atom. The van der Waals surface area contributed by atoms with Gasteiger partial charge in [0.25, 0.3) is 5.91 Å². The molecule has 3 nitrogen and oxygen atoms in total. The Morgan fingerprint density at radius 3 is 2.08 bits per heavy atom. The lowest BCUT2D eigenvalue weighted by Gasteiger charge is -2.31. The van der Waals surface area contributed by atoms with Gasteiger partial charge in [0.2, 0.25) is 0 Å². The Hall–Kier alpha value is -1.61. The number of amides is 1. The van der Waals surface area contributed by atoms with Crippen LogP contribution in [-0.2, 0) is 0 Å². The molecule has 1 aliphatic heterocycles. The summed E-state index contributed by atoms with van der Waals surface area (Å²) in [5.41, 5.74) is 3.38. The van der Waals surface area contributed by atoms with Gasteiger partial charge in [-0.1, -0.05) is 52.8 Å². The molecule has 1 aliphatic rings. The van der Waals surface area contributed by atoms with E-state index in [1.54, 1.807) is 19.0 Å². The molecule has 1 aromatic rings. The van der Waals surface area contributed by atoms with Crippen molar-refractivity contribution in [1.29, 1.82) is 0 Å². The maximum Gasteiger partial charge on any atom is 0.253 e. The minimum absolute atomic E-state index is 0.0553. The fourth-order valence-electron chi connectivity index (χ4n) is 2.72. The van der Waals surface area contributed by atoms with E-state index in [-0.39, 0.29) is 5.91 Å². The Morgan fingerprint density at radius 2 is 1.67 bits per heavy atom. The first-order valence-corrected chi connectivity index (χ1v) is 9.29. The van der Waals surface area contributed by atoms with Crippen LogP contribution < -0.4 is 0 Å². The molecule has 0 aliphatic carbocycles. The number of rotatable bonds is 3. The van der Waals surface area contributed by atoms with Crippen LogP contribution in [0.5, 0.6) is 0 Å². The van der Waals surface area contributed by atoms with Crippen molar-refractivity contribution in [3.05, 3.63) is 41.5 Å². The predicted octanol–water partition coefficient (Wildman–Crippen LogP) is 4.94. The van der Waals surface area contributed by atoms with Gasteiger partial charge in [-0.3, -0.25) is 9.69 Å². The van der Waals surface area contributed by atoms with Crippen LogP contribution in [0.25, 0.3) is 5.57 Å². The third-order valence-electron chi connectivity index (χ3n) is 4.00. The topological polar surface area (TPSA) is 23.6 Å². The zero-order valence-corrected chi connectivity index (χ0v) is 16.9. The molecule has 2 rings (SSSR count). The van der Waals surface area contributed by atoms with Gasteiger partial charge in [-0.05, 0) is 43.2 Å². The molecule has 1 heterocycles. The van der Waals surface area contributed by atoms with Gasteiger partial charge in [-0.2, -0.15) is 0 Å². The molecule has 1 atom stereocenters. The van der Waals surface area contributed by atoms with Crippen LogP contribution in [0.2, 0.25) is 0 Å². The van der Waals surface area contributed by atoms with Gasteiger partial charge in [0.05, 0.1) is 0 Å². The van der Waals surface area contributed by atoms with Crippen LogP contribution in [0, 0.1) is 0 Å². The lowest BCUT2D eigenvalue weighted by atomic mass is 9.95. The second-order valence-corrected chi connectivity index (χ2v) is 5.59. The van der Waals surface area contributed by atoms with Crippen molar-refractivity contribution in [2.24, 2.45) is 0 Å². The smallest absolute Gasteiger partial charge is 0.253 e. The van der Waals surface area contributed by atoms with Gasteiger partial charge >= 0.3 is 0 Å². The average molecular weight is 333 g/mol. The summed E-state index contributed by atoms with van der Waals surface area (Å²) in [5.74, 6) is 0.0553. The van der Waals surface area contributed by atoms with Crippen molar-refractivity contribution in [3.63, 3.8) is 0 Å². The zero-order chi connectivity index (χ0) is 18.7. The van der Waals surface area contributed by atoms with Crippen LogP contribution >= 0.6 is 0 Å². The number of benzene rings is 1. The van der Waals surface area contributed by atoms with E-state index in [4.69, 9.17) is 0 Å². The Labute approximate surface area is 149 Å². The summed E-state index contributed by atoms with van der Waals surface area (Å²) in [4.78, 5) is 15.9. The Balaban J connectivity index is 0.00000123. The molecule has 3 heteroatoms. The molecule has 1 aromatic carbocycles. The highest BCUT2D eigenvalue weighted by atomic mass is 16.2. The van der Waals surface area contributed by atoms with Crippen molar-refractivity contribution >= 4 is 11.5 Å². The second kappa shape index (κ2) is 11.9. The molecule has 24 heavy (non-hydrogen) atoms. The van der Waals surface area contributed by atoms with E-state index in [1.165, 1.54) is 11.1 Å². The van der Waals surface area contributed by atoms with Gasteiger partial charge in [0, 0.05) is 32.2 Å². The van der Waals surface area contributed by atoms with E-state index >= 15 is 0 Å². The third kappa shape index (κ3) is 6.12. The van der Waals surface area contributed by atoms with Crippen LogP contribution in [-0.4, -0.2) is 48.9 Å². The molecule has 1 amide bonds. The molecule has 0 radical (unpaired) electrons. The normalized spacial score (nSPS) is 16.8. The number of hydrogen-bond acceptors (Lipinski definition) is 2. The molecule has 0 N–H and O–H groups in total. The molecule has 0 aromatic heterocycles. The standard InChI is InChI=1S/C17H24N2O.2C2H6/c1-5-19-11-10-16(12-13(19)2)14-6-8-15(9-7-14)17(20)18(3)4;2*1-2/h6-9,12-13H,5,10-11H2,1-4H3;2*1-2H3. The van der Waals surface area contributed by atoms with Crippen molar-refractivity contribution < 1.29 is 4.79 Å². The van der Waals surface area contributed by atoms with Crippen molar-refractivity contribution in [2.75, 3.05) is 27.2 Å². The average Bonchev–Trinajstić information content (AvgIpc) is 2.64. The van der Waals surface area contributed by atoms with Crippen LogP contribution in [0.15, 0.2) is 30.3 Å². The number of likely N-dealkylation sites (N-methyl/N-ethyl adjacent to an activating group) is 1. The number of hydrogen-bond donors (Lipinski definition) is 0. The first kappa shape index (κ1) is 22.4. The Bertz CT molecular complexity index is 503. The highest BCUT2D eigenvalue weighted by molar-refractivity contribution is 5.94. The summed E-state index contributed by atoms with van der Waals surface area (Å²) in [6.07, 6.45) is 3.43. The molecular weight excluding hydrogens is 296 g/mol. The number of carbonyl (C=O) groups excluding carboxylic acids is 1. The monoisotopic (exact) mass is 332 g/mol. The van der Waals surface area contributed by atoms with E-state index in [9.17, 15) is 4.79 Å². The fraction of sp³-hybridized carbons (Fsp3) is 0.571. The first-order valence-electron chi connectivity index (χ1n) is 9.29. The molecule has 0 saturated heterocycles. The van der Waals surface area contributed by atoms with Gasteiger partial charge in [-0.25, -0.2) is 0 Å². The predicted molar refractivity (Wildman–Crippen MR) is 106 cm³/mol. The summed E-state index contributed by atoms with van der Waals surface area (Å²) in [6, 6.07) is 8.48. The molecule has 0 saturated carbocycles. The number of carbonyl (C=O) groups is 1. The highest BCUT2D eigenvalue weighted by Gasteiger charge is 2.17. The highest BCUT2D eigenvalue weighted by Crippen LogP contribution is 2.25. The summed E-state index contributed by atoms with van der Waals surface area (Å²) < 4.78 is 0. The minimum Gasteiger partial charge on any atom is -0.345 e. The maximum atomic E-state index is 11.9. The third-order valence-corrected chi connectivity index (χ3v) is 4.00. The lowest BCUT2D eigenvalue weighted by molar-refractivity contribution is 0.0827. The van der Waals surface area contributed by atoms with Crippen LogP contribution in [0.4, 0.5) is 0 Å². The van der Waals surface area contributed by atoms with E-state index in [0.717, 1.165) is 25.1 Å². The zero-order valence-electron chi connectivity index (χ0n) is 16.9. The summed E-state index contributed by atoms with van der Waals surface area (Å²) >= 11 is 0. The van der Waals surface area contributed by atoms with Gasteiger partial charge < -0.3 is 4.90 Å². The van der Waals surface area contributed by atoms with Crippen molar-refractivity contribution in [1.82, 2.24) is 9.80 Å². The van der Waals surface area contributed by atoms with Crippen molar-refractivity contribution in [2.45, 2.75) is 54.0 Å². The van der Waals surface area contributed by atoms with Gasteiger partial charge in [0.15, 0.2) is 0 Å². The molecule has 1 unspecified atom stereocenters. The summed E-state index contributed by atoms with van der Waals surface area (Å²) in [7, 11) is 3.56. The largest absolute Gasteiger partial charge is 0.345 e. The SMILES string of the molecule is CC.CC.CCN1CCC(c2ccc(C(=O)N(C)C)cc2)=CC1C. The second-order valence-electron chi connectivity index (χ2n) is 5.59. The van der Waals surface area contributed by atoms with E-state index in [2.05, 4.69) is 37.0 Å². The molecule has 0 bridgehead atoms. The molecule has 0 fully saturated rings. The number of nitrogens with zero attached hydrogens (tertiary/aromatic N) is 2. The van der Waals surface area contributed by atoms with Gasteiger partial charge in [-0.15, -0.1) is 0 Å². The van der Waals surface area contributed by atoms with E-state index in [0.29, 0.717) is 6.04 Å². The lowest BCUT2D eigenvalue weighted by Crippen LogP contribution is -2.35. The van der Waals surface area contributed by atoms with E-state index in [1.807, 2.05) is 39.8 Å².